The van der Waals surface area contributed by atoms with Crippen LogP contribution >= 0.6 is 11.6 Å². The predicted octanol–water partition coefficient (Wildman–Crippen LogP) is 2.09. The van der Waals surface area contributed by atoms with Gasteiger partial charge in [0.15, 0.2) is 5.75 Å². The molecule has 0 N–H and O–H groups in total. The van der Waals surface area contributed by atoms with Crippen molar-refractivity contribution in [2.24, 2.45) is 0 Å². The molecule has 0 atom stereocenters. The third-order valence-corrected chi connectivity index (χ3v) is 2.54. The van der Waals surface area contributed by atoms with Crippen molar-refractivity contribution in [1.82, 2.24) is 0 Å². The fourth-order valence-electron chi connectivity index (χ4n) is 1.45. The van der Waals surface area contributed by atoms with Gasteiger partial charge < -0.3 is 9.64 Å². The highest BCUT2D eigenvalue weighted by molar-refractivity contribution is 6.32. The highest BCUT2D eigenvalue weighted by Gasteiger charge is 2.21. The summed E-state index contributed by atoms with van der Waals surface area (Å²) in [6.45, 7) is 0.389. The van der Waals surface area contributed by atoms with E-state index in [1.807, 2.05) is 6.07 Å². The van der Waals surface area contributed by atoms with Crippen molar-refractivity contribution < 1.29 is 9.53 Å². The molecule has 0 fully saturated rings. The quantitative estimate of drug-likeness (QED) is 0.658. The van der Waals surface area contributed by atoms with Crippen LogP contribution < -0.4 is 9.64 Å². The summed E-state index contributed by atoms with van der Waals surface area (Å²) >= 11 is 5.96. The zero-order valence-electron chi connectivity index (χ0n) is 7.79. The third-order valence-electron chi connectivity index (χ3n) is 2.24. The van der Waals surface area contributed by atoms with E-state index in [4.69, 9.17) is 16.3 Å². The van der Waals surface area contributed by atoms with Gasteiger partial charge in [0.05, 0.1) is 23.7 Å². The normalized spacial score (nSPS) is 15.9. The summed E-state index contributed by atoms with van der Waals surface area (Å²) in [4.78, 5) is 13.1. The van der Waals surface area contributed by atoms with E-state index in [0.29, 0.717) is 23.8 Å². The molecule has 74 valence electrons. The molecule has 0 spiro atoms. The number of hydrogen-bond donors (Lipinski definition) is 0. The van der Waals surface area contributed by atoms with Crippen LogP contribution in [0.1, 0.15) is 6.42 Å². The maximum absolute atomic E-state index is 11.5. The van der Waals surface area contributed by atoms with Gasteiger partial charge in [-0.05, 0) is 12.1 Å². The second kappa shape index (κ2) is 3.50. The summed E-state index contributed by atoms with van der Waals surface area (Å²) in [5.74, 6) is 0.647. The fourth-order valence-corrected chi connectivity index (χ4v) is 1.67. The molecule has 1 heterocycles. The maximum atomic E-state index is 11.5. The SMILES string of the molecule is CN1C(=O)CCOc2c(Cl)cccc21. The predicted molar refractivity (Wildman–Crippen MR) is 55.0 cm³/mol. The van der Waals surface area contributed by atoms with E-state index in [-0.39, 0.29) is 5.91 Å². The van der Waals surface area contributed by atoms with E-state index in [2.05, 4.69) is 0 Å². The Balaban J connectivity index is 2.53. The molecule has 1 aliphatic rings. The highest BCUT2D eigenvalue weighted by atomic mass is 35.5. The Morgan fingerprint density at radius 3 is 3.07 bits per heavy atom. The van der Waals surface area contributed by atoms with Crippen LogP contribution in [0.15, 0.2) is 18.2 Å². The van der Waals surface area contributed by atoms with Crippen LogP contribution in [0.25, 0.3) is 0 Å². The standard InChI is InChI=1S/C10H10ClNO2/c1-12-8-4-2-3-7(11)10(8)14-6-5-9(12)13/h2-4H,5-6H2,1H3. The first-order valence-corrected chi connectivity index (χ1v) is 4.76. The topological polar surface area (TPSA) is 29.5 Å². The number of hydrogen-bond acceptors (Lipinski definition) is 2. The zero-order chi connectivity index (χ0) is 10.1. The first-order chi connectivity index (χ1) is 6.70. The van der Waals surface area contributed by atoms with Crippen LogP contribution in [0.5, 0.6) is 5.75 Å². The van der Waals surface area contributed by atoms with Crippen LogP contribution in [0.4, 0.5) is 5.69 Å². The third kappa shape index (κ3) is 1.44. The molecule has 0 saturated heterocycles. The van der Waals surface area contributed by atoms with Crippen LogP contribution in [0.2, 0.25) is 5.02 Å². The van der Waals surface area contributed by atoms with Crippen molar-refractivity contribution in [2.45, 2.75) is 6.42 Å². The van der Waals surface area contributed by atoms with Gasteiger partial charge in [-0.1, -0.05) is 17.7 Å². The van der Waals surface area contributed by atoms with Gasteiger partial charge in [-0.15, -0.1) is 0 Å². The summed E-state index contributed by atoms with van der Waals surface area (Å²) in [6, 6.07) is 5.38. The smallest absolute Gasteiger partial charge is 0.230 e. The van der Waals surface area contributed by atoms with Gasteiger partial charge in [0.2, 0.25) is 5.91 Å². The average molecular weight is 212 g/mol. The minimum atomic E-state index is 0.0472. The van der Waals surface area contributed by atoms with Crippen LogP contribution in [0, 0.1) is 0 Å². The Labute approximate surface area is 87.2 Å². The second-order valence-electron chi connectivity index (χ2n) is 3.14. The van der Waals surface area contributed by atoms with Crippen molar-refractivity contribution in [3.63, 3.8) is 0 Å². The van der Waals surface area contributed by atoms with E-state index in [1.165, 1.54) is 0 Å². The number of amides is 1. The highest BCUT2D eigenvalue weighted by Crippen LogP contribution is 2.36. The summed E-state index contributed by atoms with van der Waals surface area (Å²) in [5.41, 5.74) is 0.736. The molecule has 3 nitrogen and oxygen atoms in total. The monoisotopic (exact) mass is 211 g/mol. The van der Waals surface area contributed by atoms with Gasteiger partial charge in [0.1, 0.15) is 0 Å². The molecule has 1 aromatic carbocycles. The van der Waals surface area contributed by atoms with Gasteiger partial charge >= 0.3 is 0 Å². The molecule has 1 aliphatic heterocycles. The number of nitrogens with zero attached hydrogens (tertiary/aromatic N) is 1. The number of benzene rings is 1. The Hall–Kier alpha value is -1.22. The van der Waals surface area contributed by atoms with Gasteiger partial charge in [-0.25, -0.2) is 0 Å². The van der Waals surface area contributed by atoms with E-state index >= 15 is 0 Å². The maximum Gasteiger partial charge on any atom is 0.230 e. The summed E-state index contributed by atoms with van der Waals surface area (Å²) in [6.07, 6.45) is 0.390. The molecule has 1 aromatic rings. The number of carbonyl (C=O) groups is 1. The number of fused-ring (bicyclic) bond motifs is 1. The molecule has 0 unspecified atom stereocenters. The molecule has 0 saturated carbocycles. The molecule has 14 heavy (non-hydrogen) atoms. The minimum absolute atomic E-state index is 0.0472. The van der Waals surface area contributed by atoms with E-state index in [9.17, 15) is 4.79 Å². The first kappa shape index (κ1) is 9.34. The lowest BCUT2D eigenvalue weighted by molar-refractivity contribution is -0.118. The van der Waals surface area contributed by atoms with Crippen LogP contribution in [-0.2, 0) is 4.79 Å². The van der Waals surface area contributed by atoms with Crippen molar-refractivity contribution in [3.8, 4) is 5.75 Å². The number of rotatable bonds is 0. The fraction of sp³-hybridized carbons (Fsp3) is 0.300. The summed E-state index contributed by atoms with van der Waals surface area (Å²) in [7, 11) is 1.73. The Morgan fingerprint density at radius 1 is 1.50 bits per heavy atom. The number of para-hydroxylation sites is 1. The Bertz CT molecular complexity index is 378. The van der Waals surface area contributed by atoms with Crippen molar-refractivity contribution >= 4 is 23.2 Å². The largest absolute Gasteiger partial charge is 0.489 e. The number of carbonyl (C=O) groups excluding carboxylic acids is 1. The van der Waals surface area contributed by atoms with E-state index in [1.54, 1.807) is 24.1 Å². The number of ether oxygens (including phenoxy) is 1. The second-order valence-corrected chi connectivity index (χ2v) is 3.55. The molecule has 0 radical (unpaired) electrons. The lowest BCUT2D eigenvalue weighted by Crippen LogP contribution is -2.25. The van der Waals surface area contributed by atoms with E-state index in [0.717, 1.165) is 5.69 Å². The molecule has 1 amide bonds. The number of halogens is 1. The minimum Gasteiger partial charge on any atom is -0.489 e. The van der Waals surface area contributed by atoms with Crippen LogP contribution in [0.3, 0.4) is 0 Å². The number of anilines is 1. The Kier molecular flexibility index (Phi) is 2.33. The average Bonchev–Trinajstić information content (AvgIpc) is 2.31. The molecular weight excluding hydrogens is 202 g/mol. The summed E-state index contributed by atoms with van der Waals surface area (Å²) < 4.78 is 5.43. The molecular formula is C10H10ClNO2. The van der Waals surface area contributed by atoms with Crippen molar-refractivity contribution in [3.05, 3.63) is 23.2 Å². The van der Waals surface area contributed by atoms with Crippen LogP contribution in [-0.4, -0.2) is 19.6 Å². The molecule has 0 aliphatic carbocycles. The lowest BCUT2D eigenvalue weighted by atomic mass is 10.2. The van der Waals surface area contributed by atoms with Gasteiger partial charge in [-0.2, -0.15) is 0 Å². The summed E-state index contributed by atoms with van der Waals surface area (Å²) in [5, 5.41) is 0.545. The van der Waals surface area contributed by atoms with Gasteiger partial charge in [0, 0.05) is 7.05 Å². The zero-order valence-corrected chi connectivity index (χ0v) is 8.54. The van der Waals surface area contributed by atoms with Crippen molar-refractivity contribution in [2.75, 3.05) is 18.6 Å². The lowest BCUT2D eigenvalue weighted by Gasteiger charge is -2.16. The molecule has 0 aromatic heterocycles. The van der Waals surface area contributed by atoms with Crippen molar-refractivity contribution in [1.29, 1.82) is 0 Å². The first-order valence-electron chi connectivity index (χ1n) is 4.38. The van der Waals surface area contributed by atoms with Gasteiger partial charge in [-0.3, -0.25) is 4.79 Å². The molecule has 4 heteroatoms. The molecule has 0 bridgehead atoms. The van der Waals surface area contributed by atoms with E-state index < -0.39 is 0 Å². The molecule has 2 rings (SSSR count). The Morgan fingerprint density at radius 2 is 2.29 bits per heavy atom. The van der Waals surface area contributed by atoms with Gasteiger partial charge in [0.25, 0.3) is 0 Å².